The van der Waals surface area contributed by atoms with E-state index in [1.165, 1.54) is 6.07 Å². The van der Waals surface area contributed by atoms with E-state index in [1.807, 2.05) is 5.40 Å². The van der Waals surface area contributed by atoms with Crippen LogP contribution in [-0.2, 0) is 0 Å². The lowest BCUT2D eigenvalue weighted by Crippen LogP contribution is -1.98. The largest absolute Gasteiger partial charge is 0.383 e. The van der Waals surface area contributed by atoms with E-state index in [4.69, 9.17) is 16.7 Å². The van der Waals surface area contributed by atoms with E-state index in [2.05, 4.69) is 9.97 Å². The van der Waals surface area contributed by atoms with Gasteiger partial charge in [0.05, 0.1) is 0 Å². The molecule has 4 N–H and O–H groups in total. The van der Waals surface area contributed by atoms with Crippen molar-refractivity contribution in [2.45, 2.75) is 5.16 Å². The van der Waals surface area contributed by atoms with Crippen LogP contribution in [0.25, 0.3) is 0 Å². The second-order valence-electron chi connectivity index (χ2n) is 1.69. The van der Waals surface area contributed by atoms with Gasteiger partial charge in [-0.3, -0.25) is 0 Å². The van der Waals surface area contributed by atoms with Gasteiger partial charge in [-0.25, -0.2) is 9.97 Å². The van der Waals surface area contributed by atoms with Crippen molar-refractivity contribution >= 4 is 23.4 Å². The van der Waals surface area contributed by atoms with Gasteiger partial charge in [0, 0.05) is 17.8 Å². The van der Waals surface area contributed by atoms with Crippen LogP contribution in [0.4, 0.5) is 11.6 Å². The molecule has 0 spiro atoms. The minimum absolute atomic E-state index is 0.273. The van der Waals surface area contributed by atoms with Crippen molar-refractivity contribution in [3.63, 3.8) is 0 Å². The predicted molar refractivity (Wildman–Crippen MR) is 42.3 cm³/mol. The van der Waals surface area contributed by atoms with Crippen molar-refractivity contribution in [2.75, 3.05) is 11.5 Å². The van der Waals surface area contributed by atoms with Crippen LogP contribution in [0, 0.1) is 10.7 Å². The fourth-order valence-electron chi connectivity index (χ4n) is 0.548. The first kappa shape index (κ1) is 7.63. The summed E-state index contributed by atoms with van der Waals surface area (Å²) in [6.45, 7) is 0. The molecule has 0 saturated carbocycles. The third-order valence-corrected chi connectivity index (χ3v) is 1.34. The average molecular weight is 167 g/mol. The Bertz CT molecular complexity index is 284. The molecule has 0 saturated heterocycles. The molecule has 11 heavy (non-hydrogen) atoms. The Morgan fingerprint density at radius 3 is 2.36 bits per heavy atom. The lowest BCUT2D eigenvalue weighted by atomic mass is 10.5. The summed E-state index contributed by atoms with van der Waals surface area (Å²) in [7, 11) is 0. The molecule has 0 aliphatic heterocycles. The molecular weight excluding hydrogens is 162 g/mol. The van der Waals surface area contributed by atoms with Gasteiger partial charge in [-0.2, -0.15) is 5.26 Å². The first-order chi connectivity index (χ1) is 5.22. The topological polar surface area (TPSA) is 102 Å². The summed E-state index contributed by atoms with van der Waals surface area (Å²) in [4.78, 5) is 7.50. The van der Waals surface area contributed by atoms with Crippen LogP contribution in [0.15, 0.2) is 11.2 Å². The molecule has 0 aromatic carbocycles. The summed E-state index contributed by atoms with van der Waals surface area (Å²) in [5.41, 5.74) is 10.7. The van der Waals surface area contributed by atoms with Gasteiger partial charge in [0.15, 0.2) is 0 Å². The number of aromatic nitrogens is 2. The van der Waals surface area contributed by atoms with Crippen LogP contribution < -0.4 is 11.5 Å². The zero-order valence-electron chi connectivity index (χ0n) is 5.48. The SMILES string of the molecule is N#CSc1nc(N)cc(N)n1. The number of nitrogens with zero attached hydrogens (tertiary/aromatic N) is 3. The van der Waals surface area contributed by atoms with Crippen LogP contribution in [0.2, 0.25) is 0 Å². The predicted octanol–water partition coefficient (Wildman–Crippen LogP) is 0.214. The van der Waals surface area contributed by atoms with E-state index in [0.29, 0.717) is 0 Å². The molecule has 56 valence electrons. The molecule has 0 radical (unpaired) electrons. The molecule has 0 fully saturated rings. The van der Waals surface area contributed by atoms with E-state index >= 15 is 0 Å². The van der Waals surface area contributed by atoms with Crippen molar-refractivity contribution in [3.05, 3.63) is 6.07 Å². The molecule has 0 unspecified atom stereocenters. The van der Waals surface area contributed by atoms with Crippen LogP contribution >= 0.6 is 11.8 Å². The number of nitriles is 1. The third kappa shape index (κ3) is 1.98. The highest BCUT2D eigenvalue weighted by atomic mass is 32.2. The number of hydrogen-bond donors (Lipinski definition) is 2. The molecule has 0 aliphatic rings. The highest BCUT2D eigenvalue weighted by Crippen LogP contribution is 2.13. The highest BCUT2D eigenvalue weighted by molar-refractivity contribution is 8.03. The molecule has 1 heterocycles. The minimum Gasteiger partial charge on any atom is -0.383 e. The monoisotopic (exact) mass is 167 g/mol. The first-order valence-corrected chi connectivity index (χ1v) is 3.50. The maximum atomic E-state index is 8.25. The van der Waals surface area contributed by atoms with Gasteiger partial charge >= 0.3 is 0 Å². The number of thiocyanates is 1. The Balaban J connectivity index is 3.01. The molecule has 1 aromatic rings. The van der Waals surface area contributed by atoms with Crippen molar-refractivity contribution < 1.29 is 0 Å². The van der Waals surface area contributed by atoms with E-state index in [-0.39, 0.29) is 16.8 Å². The Morgan fingerprint density at radius 2 is 1.91 bits per heavy atom. The van der Waals surface area contributed by atoms with E-state index in [1.54, 1.807) is 0 Å². The zero-order chi connectivity index (χ0) is 8.27. The standard InChI is InChI=1S/C5H5N5S/c6-2-11-5-9-3(7)1-4(8)10-5/h1H,(H4,7,8,9,10). The summed E-state index contributed by atoms with van der Waals surface area (Å²) < 4.78 is 0. The quantitative estimate of drug-likeness (QED) is 0.352. The van der Waals surface area contributed by atoms with Crippen LogP contribution in [-0.4, -0.2) is 9.97 Å². The maximum Gasteiger partial charge on any atom is 0.206 e. The smallest absolute Gasteiger partial charge is 0.206 e. The normalized spacial score (nSPS) is 9.00. The van der Waals surface area contributed by atoms with Crippen LogP contribution in [0.3, 0.4) is 0 Å². The van der Waals surface area contributed by atoms with Gasteiger partial charge in [0.2, 0.25) is 5.16 Å². The van der Waals surface area contributed by atoms with Crippen molar-refractivity contribution in [1.29, 1.82) is 5.26 Å². The lowest BCUT2D eigenvalue weighted by Gasteiger charge is -1.96. The molecule has 1 aromatic heterocycles. The lowest BCUT2D eigenvalue weighted by molar-refractivity contribution is 0.990. The molecule has 0 atom stereocenters. The van der Waals surface area contributed by atoms with Crippen molar-refractivity contribution in [3.8, 4) is 5.40 Å². The number of nitrogens with two attached hydrogens (primary N) is 2. The van der Waals surface area contributed by atoms with E-state index < -0.39 is 0 Å². The van der Waals surface area contributed by atoms with Crippen LogP contribution in [0.5, 0.6) is 0 Å². The van der Waals surface area contributed by atoms with Gasteiger partial charge < -0.3 is 11.5 Å². The maximum absolute atomic E-state index is 8.25. The molecular formula is C5H5N5S. The second kappa shape index (κ2) is 3.07. The van der Waals surface area contributed by atoms with Crippen LogP contribution in [0.1, 0.15) is 0 Å². The van der Waals surface area contributed by atoms with Gasteiger partial charge in [-0.1, -0.05) is 0 Å². The van der Waals surface area contributed by atoms with Gasteiger partial charge in [0.25, 0.3) is 0 Å². The molecule has 6 heteroatoms. The van der Waals surface area contributed by atoms with Gasteiger partial charge in [0.1, 0.15) is 17.0 Å². The number of anilines is 2. The summed E-state index contributed by atoms with van der Waals surface area (Å²) >= 11 is 0.827. The number of hydrogen-bond acceptors (Lipinski definition) is 6. The number of nitrogen functional groups attached to an aromatic ring is 2. The third-order valence-electron chi connectivity index (χ3n) is 0.882. The number of rotatable bonds is 1. The zero-order valence-corrected chi connectivity index (χ0v) is 6.30. The molecule has 1 rings (SSSR count). The average Bonchev–Trinajstić information content (AvgIpc) is 1.85. The van der Waals surface area contributed by atoms with Crippen molar-refractivity contribution in [2.24, 2.45) is 0 Å². The Kier molecular flexibility index (Phi) is 2.13. The highest BCUT2D eigenvalue weighted by Gasteiger charge is 1.99. The van der Waals surface area contributed by atoms with E-state index in [0.717, 1.165) is 11.8 Å². The molecule has 5 nitrogen and oxygen atoms in total. The fraction of sp³-hybridized carbons (Fsp3) is 0. The summed E-state index contributed by atoms with van der Waals surface area (Å²) in [5.74, 6) is 0.547. The van der Waals surface area contributed by atoms with Crippen molar-refractivity contribution in [1.82, 2.24) is 9.97 Å². The fourth-order valence-corrected chi connectivity index (χ4v) is 0.932. The number of thioether (sulfide) groups is 1. The Hall–Kier alpha value is -1.48. The minimum atomic E-state index is 0.273. The second-order valence-corrected chi connectivity index (χ2v) is 2.45. The first-order valence-electron chi connectivity index (χ1n) is 2.68. The van der Waals surface area contributed by atoms with Gasteiger partial charge in [-0.05, 0) is 0 Å². The molecule has 0 bridgehead atoms. The summed E-state index contributed by atoms with van der Waals surface area (Å²) in [6.07, 6.45) is 0. The Morgan fingerprint density at radius 1 is 1.36 bits per heavy atom. The Labute approximate surface area is 67.4 Å². The summed E-state index contributed by atoms with van der Waals surface area (Å²) in [6, 6.07) is 1.43. The molecule has 0 amide bonds. The molecule has 0 aliphatic carbocycles. The van der Waals surface area contributed by atoms with Gasteiger partial charge in [-0.15, -0.1) is 0 Å². The summed E-state index contributed by atoms with van der Waals surface area (Å²) in [5, 5.41) is 10.4. The van der Waals surface area contributed by atoms with E-state index in [9.17, 15) is 0 Å².